The predicted molar refractivity (Wildman–Crippen MR) is 98.9 cm³/mol. The molecule has 0 amide bonds. The first kappa shape index (κ1) is 21.9. The Morgan fingerprint density at radius 1 is 0.917 bits per heavy atom. The summed E-state index contributed by atoms with van der Waals surface area (Å²) in [5.41, 5.74) is 0. The van der Waals surface area contributed by atoms with Crippen molar-refractivity contribution in [3.63, 3.8) is 0 Å². The fraction of sp³-hybridized carbons (Fsp3) is 0.450. The lowest BCUT2D eigenvalue weighted by Gasteiger charge is -2.08. The Kier molecular flexibility index (Phi) is 14.4. The molecular formula is C20H30O4. The molecule has 0 heterocycles. The number of aliphatic carboxylic acids is 1. The zero-order chi connectivity index (χ0) is 18.0. The molecule has 0 bridgehead atoms. The number of unbranched alkanes of at least 4 members (excludes halogenated alkanes) is 3. The van der Waals surface area contributed by atoms with E-state index in [1.165, 1.54) is 31.1 Å². The van der Waals surface area contributed by atoms with Gasteiger partial charge in [-0.2, -0.15) is 0 Å². The molecule has 0 aromatic carbocycles. The third-order valence-electron chi connectivity index (χ3n) is 3.29. The maximum atomic E-state index is 10.2. The van der Waals surface area contributed by atoms with Crippen molar-refractivity contribution in [3.05, 3.63) is 60.4 Å². The van der Waals surface area contributed by atoms with Gasteiger partial charge in [-0.15, -0.1) is 0 Å². The number of allylic oxidation sites excluding steroid dienone is 8. The third kappa shape index (κ3) is 16.3. The average molecular weight is 334 g/mol. The van der Waals surface area contributed by atoms with E-state index in [9.17, 15) is 15.0 Å². The number of carbonyl (C=O) groups is 1. The number of hydrogen-bond acceptors (Lipinski definition) is 3. The third-order valence-corrected chi connectivity index (χ3v) is 3.29. The van der Waals surface area contributed by atoms with Gasteiger partial charge in [0.05, 0.1) is 6.10 Å². The maximum absolute atomic E-state index is 10.2. The molecule has 1 unspecified atom stereocenters. The van der Waals surface area contributed by atoms with Gasteiger partial charge in [0.15, 0.2) is 0 Å². The molecule has 0 spiro atoms. The van der Waals surface area contributed by atoms with Crippen LogP contribution in [-0.4, -0.2) is 27.4 Å². The summed E-state index contributed by atoms with van der Waals surface area (Å²) in [6.07, 6.45) is 21.3. The number of carboxylic acid groups (broad SMARTS) is 1. The summed E-state index contributed by atoms with van der Waals surface area (Å²) >= 11 is 0. The van der Waals surface area contributed by atoms with Crippen LogP contribution in [0.4, 0.5) is 0 Å². The van der Waals surface area contributed by atoms with Crippen LogP contribution in [0.1, 0.15) is 51.9 Å². The Morgan fingerprint density at radius 2 is 1.62 bits per heavy atom. The minimum absolute atomic E-state index is 0.0156. The van der Waals surface area contributed by atoms with Crippen LogP contribution >= 0.6 is 0 Å². The lowest BCUT2D eigenvalue weighted by atomic mass is 10.1. The Bertz CT molecular complexity index is 470. The summed E-state index contributed by atoms with van der Waals surface area (Å²) in [4.78, 5) is 10.2. The van der Waals surface area contributed by atoms with Crippen LogP contribution in [-0.2, 0) is 4.79 Å². The summed E-state index contributed by atoms with van der Waals surface area (Å²) in [5.74, 6) is -1.07. The zero-order valence-electron chi connectivity index (χ0n) is 14.5. The van der Waals surface area contributed by atoms with Gasteiger partial charge >= 0.3 is 5.97 Å². The highest BCUT2D eigenvalue weighted by Gasteiger charge is 2.01. The van der Waals surface area contributed by atoms with Crippen LogP contribution in [0.5, 0.6) is 0 Å². The molecule has 0 radical (unpaired) electrons. The number of hydrogen-bond donors (Lipinski definition) is 3. The van der Waals surface area contributed by atoms with Crippen LogP contribution in [0.3, 0.4) is 0 Å². The molecule has 0 fully saturated rings. The highest BCUT2D eigenvalue weighted by Crippen LogP contribution is 2.09. The average Bonchev–Trinajstić information content (AvgIpc) is 2.53. The van der Waals surface area contributed by atoms with Gasteiger partial charge in [-0.1, -0.05) is 62.6 Å². The molecule has 0 saturated heterocycles. The molecule has 3 N–H and O–H groups in total. The quantitative estimate of drug-likeness (QED) is 0.195. The molecule has 0 aliphatic rings. The highest BCUT2D eigenvalue weighted by atomic mass is 16.4. The zero-order valence-corrected chi connectivity index (χ0v) is 14.5. The standard InChI is InChI=1S/C20H30O4/c1-2-3-9-13-18(21)14-10-7-5-4-6-8-11-15-19(22)16-12-17-20(23)24/h4-6,8,11-12,15-18,21-22H,2-3,7,9-10,13-14H2,1H3,(H,23,24). The summed E-state index contributed by atoms with van der Waals surface area (Å²) < 4.78 is 0. The van der Waals surface area contributed by atoms with Gasteiger partial charge in [-0.25, -0.2) is 4.79 Å². The summed E-state index contributed by atoms with van der Waals surface area (Å²) in [6, 6.07) is 0. The van der Waals surface area contributed by atoms with Gasteiger partial charge in [-0.05, 0) is 37.8 Å². The first-order valence-electron chi connectivity index (χ1n) is 8.54. The number of aliphatic hydroxyl groups excluding tert-OH is 2. The second-order valence-electron chi connectivity index (χ2n) is 5.54. The van der Waals surface area contributed by atoms with E-state index in [0.717, 1.165) is 38.2 Å². The van der Waals surface area contributed by atoms with Crippen molar-refractivity contribution in [1.82, 2.24) is 0 Å². The molecule has 0 aromatic rings. The molecule has 1 atom stereocenters. The van der Waals surface area contributed by atoms with E-state index in [1.807, 2.05) is 18.2 Å². The molecular weight excluding hydrogens is 304 g/mol. The van der Waals surface area contributed by atoms with Crippen molar-refractivity contribution in [1.29, 1.82) is 0 Å². The van der Waals surface area contributed by atoms with Gasteiger partial charge < -0.3 is 15.3 Å². The lowest BCUT2D eigenvalue weighted by Crippen LogP contribution is -2.05. The molecule has 0 rings (SSSR count). The van der Waals surface area contributed by atoms with E-state index >= 15 is 0 Å². The van der Waals surface area contributed by atoms with Crippen molar-refractivity contribution < 1.29 is 20.1 Å². The molecule has 4 nitrogen and oxygen atoms in total. The maximum Gasteiger partial charge on any atom is 0.328 e. The first-order chi connectivity index (χ1) is 11.6. The van der Waals surface area contributed by atoms with E-state index in [0.29, 0.717) is 0 Å². The van der Waals surface area contributed by atoms with Crippen molar-refractivity contribution in [3.8, 4) is 0 Å². The summed E-state index contributed by atoms with van der Waals surface area (Å²) in [7, 11) is 0. The molecule has 4 heteroatoms. The Balaban J connectivity index is 3.81. The fourth-order valence-electron chi connectivity index (χ4n) is 1.99. The molecule has 0 aliphatic carbocycles. The minimum Gasteiger partial charge on any atom is -0.508 e. The van der Waals surface area contributed by atoms with Crippen LogP contribution in [0, 0.1) is 0 Å². The van der Waals surface area contributed by atoms with Crippen LogP contribution in [0.25, 0.3) is 0 Å². The predicted octanol–water partition coefficient (Wildman–Crippen LogP) is 4.85. The van der Waals surface area contributed by atoms with Crippen molar-refractivity contribution in [2.75, 3.05) is 0 Å². The Labute approximate surface area is 145 Å². The second-order valence-corrected chi connectivity index (χ2v) is 5.54. The normalized spacial score (nSPS) is 14.5. The Hall–Kier alpha value is -2.07. The van der Waals surface area contributed by atoms with Crippen LogP contribution < -0.4 is 0 Å². The molecule has 0 aromatic heterocycles. The Morgan fingerprint density at radius 3 is 2.33 bits per heavy atom. The number of rotatable bonds is 13. The van der Waals surface area contributed by atoms with Crippen LogP contribution in [0.15, 0.2) is 60.4 Å². The van der Waals surface area contributed by atoms with Gasteiger partial charge in [-0.3, -0.25) is 0 Å². The molecule has 134 valence electrons. The van der Waals surface area contributed by atoms with Crippen LogP contribution in [0.2, 0.25) is 0 Å². The van der Waals surface area contributed by atoms with Crippen molar-refractivity contribution in [2.45, 2.75) is 58.0 Å². The van der Waals surface area contributed by atoms with Gasteiger partial charge in [0.1, 0.15) is 5.76 Å². The number of aliphatic hydroxyl groups is 2. The second kappa shape index (κ2) is 15.8. The van der Waals surface area contributed by atoms with E-state index in [1.54, 1.807) is 12.2 Å². The lowest BCUT2D eigenvalue weighted by molar-refractivity contribution is -0.131. The SMILES string of the molecule is CCCCCC(O)CCCC=CC=CC=CC(O)=CC=CC(=O)O. The molecule has 24 heavy (non-hydrogen) atoms. The largest absolute Gasteiger partial charge is 0.508 e. The monoisotopic (exact) mass is 334 g/mol. The minimum atomic E-state index is -1.05. The van der Waals surface area contributed by atoms with E-state index in [4.69, 9.17) is 5.11 Å². The van der Waals surface area contributed by atoms with Gasteiger partial charge in [0.2, 0.25) is 0 Å². The molecule has 0 saturated carbocycles. The van der Waals surface area contributed by atoms with Gasteiger partial charge in [0.25, 0.3) is 0 Å². The fourth-order valence-corrected chi connectivity index (χ4v) is 1.99. The first-order valence-corrected chi connectivity index (χ1v) is 8.54. The van der Waals surface area contributed by atoms with E-state index in [-0.39, 0.29) is 11.9 Å². The van der Waals surface area contributed by atoms with Crippen molar-refractivity contribution >= 4 is 5.97 Å². The van der Waals surface area contributed by atoms with E-state index in [2.05, 4.69) is 6.92 Å². The van der Waals surface area contributed by atoms with Crippen molar-refractivity contribution in [2.24, 2.45) is 0 Å². The summed E-state index contributed by atoms with van der Waals surface area (Å²) in [6.45, 7) is 2.16. The number of carboxylic acids is 1. The van der Waals surface area contributed by atoms with Gasteiger partial charge in [0, 0.05) is 6.08 Å². The molecule has 0 aliphatic heterocycles. The van der Waals surface area contributed by atoms with E-state index < -0.39 is 5.97 Å². The highest BCUT2D eigenvalue weighted by molar-refractivity contribution is 5.80. The summed E-state index contributed by atoms with van der Waals surface area (Å²) in [5, 5.41) is 27.6. The smallest absolute Gasteiger partial charge is 0.328 e. The topological polar surface area (TPSA) is 77.8 Å².